The van der Waals surface area contributed by atoms with Crippen molar-refractivity contribution in [2.45, 2.75) is 38.0 Å². The molecule has 0 aromatic heterocycles. The highest BCUT2D eigenvalue weighted by Gasteiger charge is 2.34. The first-order valence-electron chi connectivity index (χ1n) is 8.52. The summed E-state index contributed by atoms with van der Waals surface area (Å²) in [6.07, 6.45) is 0.934. The average Bonchev–Trinajstić information content (AvgIpc) is 2.58. The van der Waals surface area contributed by atoms with E-state index >= 15 is 0 Å². The topological polar surface area (TPSA) is 64.1 Å². The highest BCUT2D eigenvalue weighted by atomic mass is 127. The molecule has 140 valence electrons. The van der Waals surface area contributed by atoms with Gasteiger partial charge < -0.3 is 24.8 Å². The second kappa shape index (κ2) is 9.05. The molecule has 1 saturated heterocycles. The molecular formula is C18H28IN3O3. The van der Waals surface area contributed by atoms with E-state index in [9.17, 15) is 0 Å². The average molecular weight is 461 g/mol. The number of hydrogen-bond acceptors (Lipinski definition) is 4. The summed E-state index contributed by atoms with van der Waals surface area (Å²) >= 11 is 0. The van der Waals surface area contributed by atoms with E-state index in [0.717, 1.165) is 23.7 Å². The fraction of sp³-hybridized carbons (Fsp3) is 0.611. The van der Waals surface area contributed by atoms with Crippen molar-refractivity contribution in [2.75, 3.05) is 33.4 Å². The van der Waals surface area contributed by atoms with Crippen LogP contribution in [-0.2, 0) is 9.47 Å². The van der Waals surface area contributed by atoms with Crippen LogP contribution in [0.15, 0.2) is 29.3 Å². The second-order valence-electron chi connectivity index (χ2n) is 6.82. The lowest BCUT2D eigenvalue weighted by Crippen LogP contribution is -2.48. The van der Waals surface area contributed by atoms with Gasteiger partial charge in [0.05, 0.1) is 32.0 Å². The van der Waals surface area contributed by atoms with Gasteiger partial charge in [0.25, 0.3) is 0 Å². The monoisotopic (exact) mass is 461 g/mol. The standard InChI is InChI=1S/C18H27N3O3.HI/c1-18(2)10-15(14-6-4-5-7-16(14)24-18)21-17(19-3)20-11-13-12-22-8-9-23-13;/h4-7,13,15H,8-12H2,1-3H3,(H2,19,20,21);1H. The van der Waals surface area contributed by atoms with Crippen LogP contribution in [0.5, 0.6) is 5.75 Å². The zero-order valence-corrected chi connectivity index (χ0v) is 17.4. The number of rotatable bonds is 3. The molecule has 25 heavy (non-hydrogen) atoms. The minimum absolute atomic E-state index is 0. The van der Waals surface area contributed by atoms with Gasteiger partial charge in [-0.1, -0.05) is 18.2 Å². The summed E-state index contributed by atoms with van der Waals surface area (Å²) in [5, 5.41) is 6.86. The van der Waals surface area contributed by atoms with Crippen LogP contribution in [0.3, 0.4) is 0 Å². The number of ether oxygens (including phenoxy) is 3. The fourth-order valence-corrected chi connectivity index (χ4v) is 3.16. The molecule has 2 atom stereocenters. The van der Waals surface area contributed by atoms with Gasteiger partial charge >= 0.3 is 0 Å². The summed E-state index contributed by atoms with van der Waals surface area (Å²) in [5.41, 5.74) is 0.947. The van der Waals surface area contributed by atoms with Gasteiger partial charge in [0.1, 0.15) is 11.4 Å². The number of benzene rings is 1. The molecule has 1 fully saturated rings. The number of halogens is 1. The summed E-state index contributed by atoms with van der Waals surface area (Å²) in [4.78, 5) is 4.34. The van der Waals surface area contributed by atoms with Crippen LogP contribution in [0.4, 0.5) is 0 Å². The fourth-order valence-electron chi connectivity index (χ4n) is 3.16. The van der Waals surface area contributed by atoms with Crippen molar-refractivity contribution in [3.8, 4) is 5.75 Å². The predicted octanol–water partition coefficient (Wildman–Crippen LogP) is 2.49. The molecule has 2 N–H and O–H groups in total. The lowest BCUT2D eigenvalue weighted by molar-refractivity contribution is -0.0850. The van der Waals surface area contributed by atoms with E-state index in [-0.39, 0.29) is 41.7 Å². The number of para-hydroxylation sites is 1. The van der Waals surface area contributed by atoms with Crippen molar-refractivity contribution in [1.82, 2.24) is 10.6 Å². The van der Waals surface area contributed by atoms with Crippen LogP contribution < -0.4 is 15.4 Å². The number of guanidine groups is 1. The summed E-state index contributed by atoms with van der Waals surface area (Å²) in [6.45, 7) is 6.85. The Morgan fingerprint density at radius 2 is 2.08 bits per heavy atom. The van der Waals surface area contributed by atoms with Gasteiger partial charge in [0, 0.05) is 25.6 Å². The largest absolute Gasteiger partial charge is 0.487 e. The molecule has 7 heteroatoms. The summed E-state index contributed by atoms with van der Waals surface area (Å²) < 4.78 is 17.2. The number of aliphatic imine (C=N–C) groups is 1. The molecule has 0 saturated carbocycles. The molecule has 2 heterocycles. The molecule has 0 radical (unpaired) electrons. The number of fused-ring (bicyclic) bond motifs is 1. The third-order valence-electron chi connectivity index (χ3n) is 4.29. The van der Waals surface area contributed by atoms with Crippen molar-refractivity contribution in [2.24, 2.45) is 4.99 Å². The van der Waals surface area contributed by atoms with Crippen molar-refractivity contribution in [3.63, 3.8) is 0 Å². The zero-order chi connectivity index (χ0) is 17.0. The number of nitrogens with zero attached hydrogens (tertiary/aromatic N) is 1. The van der Waals surface area contributed by atoms with Crippen LogP contribution in [-0.4, -0.2) is 51.1 Å². The highest BCUT2D eigenvalue weighted by Crippen LogP contribution is 2.39. The van der Waals surface area contributed by atoms with Crippen LogP contribution in [0, 0.1) is 0 Å². The third-order valence-corrected chi connectivity index (χ3v) is 4.29. The Balaban J connectivity index is 0.00000225. The van der Waals surface area contributed by atoms with Gasteiger partial charge in [0.15, 0.2) is 5.96 Å². The van der Waals surface area contributed by atoms with Gasteiger partial charge in [-0.25, -0.2) is 0 Å². The van der Waals surface area contributed by atoms with E-state index in [2.05, 4.69) is 35.5 Å². The van der Waals surface area contributed by atoms with Gasteiger partial charge in [-0.05, 0) is 19.9 Å². The normalized spacial score (nSPS) is 25.2. The number of hydrogen-bond donors (Lipinski definition) is 2. The van der Waals surface area contributed by atoms with Crippen LogP contribution >= 0.6 is 24.0 Å². The van der Waals surface area contributed by atoms with E-state index in [1.54, 1.807) is 7.05 Å². The second-order valence-corrected chi connectivity index (χ2v) is 6.82. The van der Waals surface area contributed by atoms with Crippen LogP contribution in [0.25, 0.3) is 0 Å². The third kappa shape index (κ3) is 5.46. The molecule has 6 nitrogen and oxygen atoms in total. The van der Waals surface area contributed by atoms with E-state index in [0.29, 0.717) is 26.4 Å². The Morgan fingerprint density at radius 1 is 1.28 bits per heavy atom. The Bertz CT molecular complexity index is 589. The molecule has 2 aliphatic rings. The summed E-state index contributed by atoms with van der Waals surface area (Å²) in [5.74, 6) is 1.70. The quantitative estimate of drug-likeness (QED) is 0.412. The maximum Gasteiger partial charge on any atom is 0.191 e. The minimum Gasteiger partial charge on any atom is -0.487 e. The van der Waals surface area contributed by atoms with Gasteiger partial charge in [-0.3, -0.25) is 4.99 Å². The molecule has 2 unspecified atom stereocenters. The molecular weight excluding hydrogens is 433 g/mol. The van der Waals surface area contributed by atoms with Crippen molar-refractivity contribution < 1.29 is 14.2 Å². The van der Waals surface area contributed by atoms with Crippen LogP contribution in [0.2, 0.25) is 0 Å². The van der Waals surface area contributed by atoms with Crippen molar-refractivity contribution >= 4 is 29.9 Å². The first kappa shape index (κ1) is 20.3. The van der Waals surface area contributed by atoms with Gasteiger partial charge in [-0.15, -0.1) is 24.0 Å². The lowest BCUT2D eigenvalue weighted by atomic mass is 9.90. The molecule has 0 spiro atoms. The maximum atomic E-state index is 6.08. The van der Waals surface area contributed by atoms with Crippen molar-refractivity contribution in [3.05, 3.63) is 29.8 Å². The molecule has 3 rings (SSSR count). The lowest BCUT2D eigenvalue weighted by Gasteiger charge is -2.38. The Labute approximate surface area is 166 Å². The Morgan fingerprint density at radius 3 is 2.80 bits per heavy atom. The van der Waals surface area contributed by atoms with Gasteiger partial charge in [0.2, 0.25) is 0 Å². The number of nitrogens with one attached hydrogen (secondary N) is 2. The van der Waals surface area contributed by atoms with E-state index < -0.39 is 0 Å². The minimum atomic E-state index is -0.217. The summed E-state index contributed by atoms with van der Waals surface area (Å²) in [7, 11) is 1.78. The van der Waals surface area contributed by atoms with Gasteiger partial charge in [-0.2, -0.15) is 0 Å². The summed E-state index contributed by atoms with van der Waals surface area (Å²) in [6, 6.07) is 8.32. The molecule has 2 aliphatic heterocycles. The molecule has 1 aromatic carbocycles. The SMILES string of the molecule is CN=C(NCC1COCCO1)NC1CC(C)(C)Oc2ccccc21.I. The molecule has 1 aromatic rings. The first-order valence-corrected chi connectivity index (χ1v) is 8.52. The van der Waals surface area contributed by atoms with E-state index in [1.165, 1.54) is 0 Å². The maximum absolute atomic E-state index is 6.08. The first-order chi connectivity index (χ1) is 11.6. The van der Waals surface area contributed by atoms with Crippen LogP contribution in [0.1, 0.15) is 31.9 Å². The Hall–Kier alpha value is -1.06. The predicted molar refractivity (Wildman–Crippen MR) is 109 cm³/mol. The Kier molecular flexibility index (Phi) is 7.33. The zero-order valence-electron chi connectivity index (χ0n) is 15.1. The van der Waals surface area contributed by atoms with E-state index in [1.807, 2.05) is 18.2 Å². The molecule has 0 amide bonds. The van der Waals surface area contributed by atoms with Crippen molar-refractivity contribution in [1.29, 1.82) is 0 Å². The highest BCUT2D eigenvalue weighted by molar-refractivity contribution is 14.0. The molecule has 0 bridgehead atoms. The van der Waals surface area contributed by atoms with E-state index in [4.69, 9.17) is 14.2 Å². The smallest absolute Gasteiger partial charge is 0.191 e. The molecule has 0 aliphatic carbocycles.